The molecular weight excluding hydrogens is 298 g/mol. The molecule has 1 atom stereocenters. The second-order valence-electron chi connectivity index (χ2n) is 5.39. The highest BCUT2D eigenvalue weighted by atomic mass is 19.3. The molecule has 0 aromatic carbocycles. The number of aromatic nitrogens is 3. The summed E-state index contributed by atoms with van der Waals surface area (Å²) < 4.78 is 37.3. The number of alkyl halides is 2. The lowest BCUT2D eigenvalue weighted by Gasteiger charge is -2.20. The molecule has 1 aliphatic rings. The highest BCUT2D eigenvalue weighted by Gasteiger charge is 2.49. The molecule has 3 heterocycles. The van der Waals surface area contributed by atoms with Crippen LogP contribution in [-0.4, -0.2) is 38.6 Å². The van der Waals surface area contributed by atoms with Crippen LogP contribution >= 0.6 is 0 Å². The Morgan fingerprint density at radius 1 is 1.41 bits per heavy atom. The Labute approximate surface area is 124 Å². The van der Waals surface area contributed by atoms with Gasteiger partial charge < -0.3 is 13.9 Å². The number of aryl methyl sites for hydroxylation is 2. The van der Waals surface area contributed by atoms with Gasteiger partial charge in [0.2, 0.25) is 11.8 Å². The molecule has 1 saturated heterocycles. The van der Waals surface area contributed by atoms with E-state index in [2.05, 4.69) is 15.3 Å². The Morgan fingerprint density at radius 3 is 2.77 bits per heavy atom. The van der Waals surface area contributed by atoms with Crippen LogP contribution in [-0.2, 0) is 11.2 Å². The zero-order valence-electron chi connectivity index (χ0n) is 12.0. The van der Waals surface area contributed by atoms with Gasteiger partial charge in [-0.2, -0.15) is 4.98 Å². The molecule has 0 unspecified atom stereocenters. The molecule has 0 N–H and O–H groups in total. The molecule has 22 heavy (non-hydrogen) atoms. The number of amides is 1. The molecule has 3 rings (SSSR count). The molecule has 7 nitrogen and oxygen atoms in total. The molecule has 1 amide bonds. The Bertz CT molecular complexity index is 697. The van der Waals surface area contributed by atoms with Crippen LogP contribution in [0.3, 0.4) is 0 Å². The van der Waals surface area contributed by atoms with Crippen molar-refractivity contribution in [2.24, 2.45) is 0 Å². The molecule has 0 radical (unpaired) electrons. The first kappa shape index (κ1) is 14.6. The fourth-order valence-electron chi connectivity index (χ4n) is 2.50. The average Bonchev–Trinajstić information content (AvgIpc) is 3.09. The summed E-state index contributed by atoms with van der Waals surface area (Å²) in [4.78, 5) is 17.3. The lowest BCUT2D eigenvalue weighted by Crippen LogP contribution is -2.34. The van der Waals surface area contributed by atoms with E-state index in [0.29, 0.717) is 17.3 Å². The summed E-state index contributed by atoms with van der Waals surface area (Å²) in [7, 11) is 0. The Morgan fingerprint density at radius 2 is 2.18 bits per heavy atom. The molecule has 0 aliphatic carbocycles. The van der Waals surface area contributed by atoms with Gasteiger partial charge in [0.1, 0.15) is 11.8 Å². The van der Waals surface area contributed by atoms with Crippen molar-refractivity contribution in [3.8, 4) is 0 Å². The van der Waals surface area contributed by atoms with E-state index in [-0.39, 0.29) is 12.3 Å². The van der Waals surface area contributed by atoms with Crippen LogP contribution < -0.4 is 0 Å². The van der Waals surface area contributed by atoms with E-state index in [1.54, 1.807) is 19.9 Å². The van der Waals surface area contributed by atoms with E-state index in [9.17, 15) is 13.6 Å². The zero-order chi connectivity index (χ0) is 15.9. The summed E-state index contributed by atoms with van der Waals surface area (Å²) in [6.45, 7) is 2.63. The number of nitrogens with zero attached hydrogens (tertiary/aromatic N) is 4. The van der Waals surface area contributed by atoms with Crippen LogP contribution in [0.4, 0.5) is 8.78 Å². The lowest BCUT2D eigenvalue weighted by molar-refractivity contribution is -0.133. The van der Waals surface area contributed by atoms with Crippen molar-refractivity contribution in [2.45, 2.75) is 38.7 Å². The molecule has 1 fully saturated rings. The second-order valence-corrected chi connectivity index (χ2v) is 5.39. The molecular formula is C13H14F2N4O3. The Balaban J connectivity index is 1.81. The van der Waals surface area contributed by atoms with Crippen molar-refractivity contribution in [1.29, 1.82) is 0 Å². The number of hydrogen-bond acceptors (Lipinski definition) is 6. The molecule has 118 valence electrons. The van der Waals surface area contributed by atoms with Gasteiger partial charge in [-0.1, -0.05) is 10.3 Å². The van der Waals surface area contributed by atoms with Gasteiger partial charge in [0.15, 0.2) is 5.82 Å². The van der Waals surface area contributed by atoms with Crippen molar-refractivity contribution in [1.82, 2.24) is 20.2 Å². The number of rotatable bonds is 3. The topological polar surface area (TPSA) is 85.3 Å². The van der Waals surface area contributed by atoms with Crippen LogP contribution in [0.25, 0.3) is 0 Å². The van der Waals surface area contributed by atoms with Crippen molar-refractivity contribution < 1.29 is 22.6 Å². The monoisotopic (exact) mass is 312 g/mol. The highest BCUT2D eigenvalue weighted by Crippen LogP contribution is 2.40. The predicted molar refractivity (Wildman–Crippen MR) is 68.0 cm³/mol. The van der Waals surface area contributed by atoms with Crippen LogP contribution in [0.15, 0.2) is 15.1 Å². The zero-order valence-corrected chi connectivity index (χ0v) is 12.0. The summed E-state index contributed by atoms with van der Waals surface area (Å²) in [5, 5.41) is 7.26. The van der Waals surface area contributed by atoms with Crippen LogP contribution in [0.2, 0.25) is 0 Å². The predicted octanol–water partition coefficient (Wildman–Crippen LogP) is 1.83. The minimum Gasteiger partial charge on any atom is -0.361 e. The fraction of sp³-hybridized carbons (Fsp3) is 0.538. The third kappa shape index (κ3) is 2.83. The molecule has 0 bridgehead atoms. The summed E-state index contributed by atoms with van der Waals surface area (Å²) in [6.07, 6.45) is -0.670. The maximum Gasteiger partial charge on any atom is 0.267 e. The number of likely N-dealkylation sites (tertiary alicyclic amines) is 1. The first-order valence-corrected chi connectivity index (χ1v) is 6.74. The van der Waals surface area contributed by atoms with Gasteiger partial charge >= 0.3 is 0 Å². The van der Waals surface area contributed by atoms with Gasteiger partial charge in [-0.3, -0.25) is 4.79 Å². The minimum atomic E-state index is -2.99. The van der Waals surface area contributed by atoms with Crippen molar-refractivity contribution in [3.63, 3.8) is 0 Å². The molecule has 1 aliphatic heterocycles. The quantitative estimate of drug-likeness (QED) is 0.859. The number of carbonyl (C=O) groups is 1. The molecule has 9 heteroatoms. The maximum absolute atomic E-state index is 13.7. The van der Waals surface area contributed by atoms with E-state index in [1.165, 1.54) is 0 Å². The van der Waals surface area contributed by atoms with E-state index < -0.39 is 30.8 Å². The SMILES string of the molecule is Cc1cc(CC(=O)N2CC(F)(F)C[C@H]2c2nc(C)no2)on1. The summed E-state index contributed by atoms with van der Waals surface area (Å²) in [5.74, 6) is -2.78. The smallest absolute Gasteiger partial charge is 0.267 e. The number of hydrogen-bond donors (Lipinski definition) is 0. The van der Waals surface area contributed by atoms with Crippen LogP contribution in [0.5, 0.6) is 0 Å². The number of halogens is 2. The molecule has 0 spiro atoms. The lowest BCUT2D eigenvalue weighted by atomic mass is 10.2. The van der Waals surface area contributed by atoms with Gasteiger partial charge in [0, 0.05) is 12.5 Å². The van der Waals surface area contributed by atoms with E-state index >= 15 is 0 Å². The molecule has 0 saturated carbocycles. The second kappa shape index (κ2) is 5.15. The molecule has 2 aromatic rings. The van der Waals surface area contributed by atoms with Crippen LogP contribution in [0.1, 0.15) is 35.6 Å². The van der Waals surface area contributed by atoms with Crippen molar-refractivity contribution >= 4 is 5.91 Å². The number of carbonyl (C=O) groups excluding carboxylic acids is 1. The van der Waals surface area contributed by atoms with E-state index in [0.717, 1.165) is 4.90 Å². The summed E-state index contributed by atoms with van der Waals surface area (Å²) in [6, 6.07) is 0.672. The van der Waals surface area contributed by atoms with E-state index in [1.807, 2.05) is 0 Å². The minimum absolute atomic E-state index is 0.0248. The van der Waals surface area contributed by atoms with Crippen molar-refractivity contribution in [2.75, 3.05) is 6.54 Å². The van der Waals surface area contributed by atoms with Gasteiger partial charge in [0.05, 0.1) is 18.7 Å². The van der Waals surface area contributed by atoms with Gasteiger partial charge in [-0.15, -0.1) is 0 Å². The standard InChI is InChI=1S/C13H14F2N4O3/c1-7-3-9(21-17-7)4-11(20)19-6-13(14,15)5-10(19)12-16-8(2)18-22-12/h3,10H,4-6H2,1-2H3/t10-/m0/s1. The highest BCUT2D eigenvalue weighted by molar-refractivity contribution is 5.79. The first-order valence-electron chi connectivity index (χ1n) is 6.74. The van der Waals surface area contributed by atoms with E-state index in [4.69, 9.17) is 9.05 Å². The molecule has 2 aromatic heterocycles. The maximum atomic E-state index is 13.7. The fourth-order valence-corrected chi connectivity index (χ4v) is 2.50. The first-order chi connectivity index (χ1) is 10.3. The van der Waals surface area contributed by atoms with Gasteiger partial charge in [0.25, 0.3) is 5.92 Å². The van der Waals surface area contributed by atoms with Gasteiger partial charge in [-0.05, 0) is 13.8 Å². The summed E-state index contributed by atoms with van der Waals surface area (Å²) >= 11 is 0. The average molecular weight is 312 g/mol. The summed E-state index contributed by atoms with van der Waals surface area (Å²) in [5.41, 5.74) is 0.624. The van der Waals surface area contributed by atoms with Crippen molar-refractivity contribution in [3.05, 3.63) is 29.2 Å². The largest absolute Gasteiger partial charge is 0.361 e. The Kier molecular flexibility index (Phi) is 3.42. The third-order valence-electron chi connectivity index (χ3n) is 3.42. The van der Waals surface area contributed by atoms with Gasteiger partial charge in [-0.25, -0.2) is 8.78 Å². The third-order valence-corrected chi connectivity index (χ3v) is 3.42. The van der Waals surface area contributed by atoms with Crippen LogP contribution in [0, 0.1) is 13.8 Å². The normalized spacial score (nSPS) is 20.5. The Hall–Kier alpha value is -2.32.